The Balaban J connectivity index is 1.95. The van der Waals surface area contributed by atoms with E-state index >= 15 is 0 Å². The summed E-state index contributed by atoms with van der Waals surface area (Å²) >= 11 is 5.89. The van der Waals surface area contributed by atoms with Gasteiger partial charge in [-0.05, 0) is 26.7 Å². The highest BCUT2D eigenvalue weighted by Gasteiger charge is 2.26. The highest BCUT2D eigenvalue weighted by Crippen LogP contribution is 2.19. The average molecular weight is 319 g/mol. The molecule has 0 spiro atoms. The first-order chi connectivity index (χ1) is 9.40. The van der Waals surface area contributed by atoms with Gasteiger partial charge in [0.15, 0.2) is 0 Å². The van der Waals surface area contributed by atoms with Gasteiger partial charge in [-0.25, -0.2) is 22.7 Å². The van der Waals surface area contributed by atoms with E-state index in [9.17, 15) is 8.42 Å². The first-order valence-corrected chi connectivity index (χ1v) is 8.65. The van der Waals surface area contributed by atoms with Gasteiger partial charge in [0.25, 0.3) is 0 Å². The van der Waals surface area contributed by atoms with Crippen LogP contribution in [0.1, 0.15) is 25.6 Å². The number of hydrogen-bond donors (Lipinski definition) is 1. The van der Waals surface area contributed by atoms with Gasteiger partial charge in [0, 0.05) is 25.2 Å². The number of nitrogens with one attached hydrogen (secondary N) is 1. The Kier molecular flexibility index (Phi) is 4.82. The molecule has 112 valence electrons. The molecule has 1 fully saturated rings. The fourth-order valence-electron chi connectivity index (χ4n) is 2.28. The maximum absolute atomic E-state index is 11.8. The monoisotopic (exact) mass is 318 g/mol. The number of halogens is 1. The summed E-state index contributed by atoms with van der Waals surface area (Å²) in [6.45, 7) is 4.55. The van der Waals surface area contributed by atoms with Crippen LogP contribution < -0.4 is 5.32 Å². The van der Waals surface area contributed by atoms with Crippen molar-refractivity contribution < 1.29 is 8.42 Å². The van der Waals surface area contributed by atoms with Crippen molar-refractivity contribution in [2.75, 3.05) is 24.2 Å². The Bertz CT molecular complexity index is 551. The van der Waals surface area contributed by atoms with Crippen LogP contribution in [0.25, 0.3) is 0 Å². The lowest BCUT2D eigenvalue weighted by molar-refractivity contribution is 0.330. The Labute approximate surface area is 124 Å². The van der Waals surface area contributed by atoms with Crippen LogP contribution in [-0.4, -0.2) is 47.6 Å². The van der Waals surface area contributed by atoms with Crippen molar-refractivity contribution in [3.8, 4) is 0 Å². The van der Waals surface area contributed by atoms with E-state index < -0.39 is 10.0 Å². The zero-order valence-electron chi connectivity index (χ0n) is 11.6. The maximum atomic E-state index is 11.8. The van der Waals surface area contributed by atoms with Gasteiger partial charge in [0.1, 0.15) is 16.8 Å². The van der Waals surface area contributed by atoms with Crippen molar-refractivity contribution in [3.63, 3.8) is 0 Å². The van der Waals surface area contributed by atoms with Crippen LogP contribution in [-0.2, 0) is 10.0 Å². The molecule has 6 nitrogen and oxygen atoms in total. The summed E-state index contributed by atoms with van der Waals surface area (Å²) in [5.41, 5.74) is 0. The van der Waals surface area contributed by atoms with Crippen LogP contribution in [0.4, 0.5) is 5.82 Å². The third kappa shape index (κ3) is 3.80. The molecule has 0 amide bonds. The van der Waals surface area contributed by atoms with Crippen LogP contribution in [0.5, 0.6) is 0 Å². The highest BCUT2D eigenvalue weighted by molar-refractivity contribution is 7.89. The lowest BCUT2D eigenvalue weighted by Crippen LogP contribution is -2.43. The molecule has 20 heavy (non-hydrogen) atoms. The Morgan fingerprint density at radius 2 is 2.05 bits per heavy atom. The number of aromatic nitrogens is 2. The second-order valence-electron chi connectivity index (χ2n) is 4.84. The van der Waals surface area contributed by atoms with Gasteiger partial charge in [-0.15, -0.1) is 0 Å². The minimum atomic E-state index is -3.07. The van der Waals surface area contributed by atoms with Crippen molar-refractivity contribution in [2.24, 2.45) is 0 Å². The third-order valence-corrected chi connectivity index (χ3v) is 5.45. The van der Waals surface area contributed by atoms with Crippen molar-refractivity contribution >= 4 is 27.4 Å². The molecular formula is C12H19ClN4O2S. The molecule has 1 N–H and O–H groups in total. The summed E-state index contributed by atoms with van der Waals surface area (Å²) in [6, 6.07) is 1.90. The standard InChI is InChI=1S/C12H19ClN4O2S/c1-3-20(18,19)17-6-4-10(5-7-17)16-12-8-11(13)14-9(2)15-12/h8,10H,3-7H2,1-2H3,(H,14,15,16). The molecule has 0 unspecified atom stereocenters. The van der Waals surface area contributed by atoms with E-state index in [1.54, 1.807) is 24.2 Å². The molecular weight excluding hydrogens is 300 g/mol. The third-order valence-electron chi connectivity index (χ3n) is 3.37. The first kappa shape index (κ1) is 15.5. The average Bonchev–Trinajstić information content (AvgIpc) is 2.38. The second-order valence-corrected chi connectivity index (χ2v) is 7.49. The smallest absolute Gasteiger partial charge is 0.213 e. The van der Waals surface area contributed by atoms with Crippen LogP contribution in [0.2, 0.25) is 5.15 Å². The van der Waals surface area contributed by atoms with Crippen molar-refractivity contribution in [1.82, 2.24) is 14.3 Å². The fourth-order valence-corrected chi connectivity index (χ4v) is 3.63. The quantitative estimate of drug-likeness (QED) is 0.855. The van der Waals surface area contributed by atoms with Crippen LogP contribution in [0.3, 0.4) is 0 Å². The number of piperidine rings is 1. The lowest BCUT2D eigenvalue weighted by Gasteiger charge is -2.31. The SMILES string of the molecule is CCS(=O)(=O)N1CCC(Nc2cc(Cl)nc(C)n2)CC1. The number of rotatable bonds is 4. The molecule has 0 bridgehead atoms. The van der Waals surface area contributed by atoms with E-state index in [0.717, 1.165) is 12.8 Å². The van der Waals surface area contributed by atoms with Crippen LogP contribution >= 0.6 is 11.6 Å². The van der Waals surface area contributed by atoms with E-state index in [4.69, 9.17) is 11.6 Å². The first-order valence-electron chi connectivity index (χ1n) is 6.66. The number of nitrogens with zero attached hydrogens (tertiary/aromatic N) is 3. The van der Waals surface area contributed by atoms with Gasteiger partial charge in [-0.1, -0.05) is 11.6 Å². The van der Waals surface area contributed by atoms with E-state index in [0.29, 0.717) is 29.9 Å². The molecule has 0 atom stereocenters. The predicted octanol–water partition coefficient (Wildman–Crippen LogP) is 1.66. The van der Waals surface area contributed by atoms with Crippen molar-refractivity contribution in [3.05, 3.63) is 17.0 Å². The Morgan fingerprint density at radius 3 is 2.60 bits per heavy atom. The van der Waals surface area contributed by atoms with Gasteiger partial charge in [-0.2, -0.15) is 0 Å². The molecule has 0 aliphatic carbocycles. The number of aryl methyl sites for hydroxylation is 1. The van der Waals surface area contributed by atoms with E-state index in [-0.39, 0.29) is 11.8 Å². The van der Waals surface area contributed by atoms with Gasteiger partial charge in [-0.3, -0.25) is 0 Å². The molecule has 2 rings (SSSR count). The van der Waals surface area contributed by atoms with E-state index in [1.807, 2.05) is 0 Å². The van der Waals surface area contributed by atoms with Crippen molar-refractivity contribution in [1.29, 1.82) is 0 Å². The Hall–Kier alpha value is -0.920. The molecule has 0 radical (unpaired) electrons. The molecule has 2 heterocycles. The predicted molar refractivity (Wildman–Crippen MR) is 79.5 cm³/mol. The number of anilines is 1. The van der Waals surface area contributed by atoms with Crippen molar-refractivity contribution in [2.45, 2.75) is 32.7 Å². The Morgan fingerprint density at radius 1 is 1.40 bits per heavy atom. The van der Waals surface area contributed by atoms with E-state index in [1.165, 1.54) is 0 Å². The van der Waals surface area contributed by atoms with Crippen LogP contribution in [0.15, 0.2) is 6.07 Å². The lowest BCUT2D eigenvalue weighted by atomic mass is 10.1. The molecule has 1 aliphatic rings. The second kappa shape index (κ2) is 6.24. The van der Waals surface area contributed by atoms with Crippen LogP contribution in [0, 0.1) is 6.92 Å². The molecule has 1 aromatic rings. The largest absolute Gasteiger partial charge is 0.367 e. The van der Waals surface area contributed by atoms with Gasteiger partial charge in [0.05, 0.1) is 5.75 Å². The minimum Gasteiger partial charge on any atom is -0.367 e. The molecule has 1 aromatic heterocycles. The summed E-state index contributed by atoms with van der Waals surface area (Å²) < 4.78 is 25.1. The summed E-state index contributed by atoms with van der Waals surface area (Å²) in [5.74, 6) is 1.47. The number of hydrogen-bond acceptors (Lipinski definition) is 5. The zero-order valence-corrected chi connectivity index (χ0v) is 13.2. The van der Waals surface area contributed by atoms with Gasteiger partial charge in [0.2, 0.25) is 10.0 Å². The highest BCUT2D eigenvalue weighted by atomic mass is 35.5. The van der Waals surface area contributed by atoms with Gasteiger partial charge < -0.3 is 5.32 Å². The maximum Gasteiger partial charge on any atom is 0.213 e. The van der Waals surface area contributed by atoms with Gasteiger partial charge >= 0.3 is 0 Å². The minimum absolute atomic E-state index is 0.159. The molecule has 1 saturated heterocycles. The summed E-state index contributed by atoms with van der Waals surface area (Å²) in [5, 5.41) is 3.70. The topological polar surface area (TPSA) is 75.2 Å². The summed E-state index contributed by atoms with van der Waals surface area (Å²) in [7, 11) is -3.07. The normalized spacial score (nSPS) is 18.1. The molecule has 0 aromatic carbocycles. The molecule has 1 aliphatic heterocycles. The fraction of sp³-hybridized carbons (Fsp3) is 0.667. The number of sulfonamides is 1. The molecule has 8 heteroatoms. The summed E-state index contributed by atoms with van der Waals surface area (Å²) in [4.78, 5) is 8.28. The summed E-state index contributed by atoms with van der Waals surface area (Å²) in [6.07, 6.45) is 1.53. The zero-order chi connectivity index (χ0) is 14.8. The van der Waals surface area contributed by atoms with E-state index in [2.05, 4.69) is 15.3 Å². The molecule has 0 saturated carbocycles.